The molecule has 0 saturated heterocycles. The van der Waals surface area contributed by atoms with Gasteiger partial charge in [0.2, 0.25) is 0 Å². The van der Waals surface area contributed by atoms with Gasteiger partial charge in [-0.25, -0.2) is 9.18 Å². The molecule has 0 aliphatic heterocycles. The lowest BCUT2D eigenvalue weighted by Gasteiger charge is -2.13. The number of nitrogens with zero attached hydrogens (tertiary/aromatic N) is 1. The molecule has 1 aromatic rings. The molecule has 0 saturated carbocycles. The van der Waals surface area contributed by atoms with Crippen LogP contribution in [0.5, 0.6) is 0 Å². The first-order valence-corrected chi connectivity index (χ1v) is 6.30. The van der Waals surface area contributed by atoms with Gasteiger partial charge < -0.3 is 9.47 Å². The third-order valence-corrected chi connectivity index (χ3v) is 2.45. The highest BCUT2D eigenvalue weighted by atomic mass is 19.1. The summed E-state index contributed by atoms with van der Waals surface area (Å²) >= 11 is 0. The molecule has 0 N–H and O–H groups in total. The third kappa shape index (κ3) is 4.97. The van der Waals surface area contributed by atoms with Crippen LogP contribution in [0.4, 0.5) is 4.39 Å². The van der Waals surface area contributed by atoms with Crippen LogP contribution in [0.3, 0.4) is 0 Å². The summed E-state index contributed by atoms with van der Waals surface area (Å²) in [5, 5.41) is 11.2. The van der Waals surface area contributed by atoms with Gasteiger partial charge in [-0.2, -0.15) is 0 Å². The molecule has 0 heterocycles. The molecular formula is C14H14FNO6. The Morgan fingerprint density at radius 3 is 2.41 bits per heavy atom. The Labute approximate surface area is 125 Å². The van der Waals surface area contributed by atoms with Crippen molar-refractivity contribution in [3.05, 3.63) is 51.5 Å². The number of carbonyl (C=O) groups is 2. The van der Waals surface area contributed by atoms with Gasteiger partial charge in [-0.15, -0.1) is 0 Å². The summed E-state index contributed by atoms with van der Waals surface area (Å²) in [7, 11) is 0. The van der Waals surface area contributed by atoms with E-state index in [9.17, 15) is 24.1 Å². The fourth-order valence-corrected chi connectivity index (χ4v) is 1.57. The molecule has 1 atom stereocenters. The maximum atomic E-state index is 12.8. The van der Waals surface area contributed by atoms with Crippen molar-refractivity contribution >= 4 is 18.0 Å². The van der Waals surface area contributed by atoms with Crippen LogP contribution in [0.25, 0.3) is 6.08 Å². The Morgan fingerprint density at radius 2 is 1.95 bits per heavy atom. The van der Waals surface area contributed by atoms with Gasteiger partial charge in [-0.1, -0.05) is 12.1 Å². The summed E-state index contributed by atoms with van der Waals surface area (Å²) in [5.41, 5.74) is -0.408. The van der Waals surface area contributed by atoms with Crippen molar-refractivity contribution in [2.24, 2.45) is 0 Å². The van der Waals surface area contributed by atoms with Gasteiger partial charge in [-0.05, 0) is 24.6 Å². The smallest absolute Gasteiger partial charge is 0.358 e. The van der Waals surface area contributed by atoms with E-state index in [1.807, 2.05) is 0 Å². The lowest BCUT2D eigenvalue weighted by Crippen LogP contribution is -2.33. The standard InChI is InChI=1S/C14H14FNO6/c1-3-21-14(18)13(22-9(2)17)12(16(19)20)8-10-4-6-11(15)7-5-10/h4-8,13H,3H2,1-2H3/b12-8+. The number of rotatable bonds is 6. The number of esters is 2. The van der Waals surface area contributed by atoms with Crippen LogP contribution in [-0.2, 0) is 19.1 Å². The number of ether oxygens (including phenoxy) is 2. The van der Waals surface area contributed by atoms with Crippen molar-refractivity contribution in [1.29, 1.82) is 0 Å². The van der Waals surface area contributed by atoms with Gasteiger partial charge in [0, 0.05) is 13.0 Å². The molecule has 0 amide bonds. The van der Waals surface area contributed by atoms with E-state index in [2.05, 4.69) is 9.47 Å². The van der Waals surface area contributed by atoms with Crippen molar-refractivity contribution in [2.75, 3.05) is 6.61 Å². The van der Waals surface area contributed by atoms with Gasteiger partial charge in [0.25, 0.3) is 11.8 Å². The zero-order chi connectivity index (χ0) is 16.7. The molecule has 118 valence electrons. The average Bonchev–Trinajstić information content (AvgIpc) is 2.44. The number of hydrogen-bond donors (Lipinski definition) is 0. The van der Waals surface area contributed by atoms with E-state index in [1.54, 1.807) is 0 Å². The molecule has 0 fully saturated rings. The largest absolute Gasteiger partial charge is 0.463 e. The minimum Gasteiger partial charge on any atom is -0.463 e. The molecule has 7 nitrogen and oxygen atoms in total. The fourth-order valence-electron chi connectivity index (χ4n) is 1.57. The van der Waals surface area contributed by atoms with E-state index in [0.717, 1.165) is 25.1 Å². The van der Waals surface area contributed by atoms with E-state index >= 15 is 0 Å². The second kappa shape index (κ2) is 7.87. The van der Waals surface area contributed by atoms with Crippen LogP contribution in [0.1, 0.15) is 19.4 Å². The maximum Gasteiger partial charge on any atom is 0.358 e. The van der Waals surface area contributed by atoms with Crippen molar-refractivity contribution < 1.29 is 28.4 Å². The Morgan fingerprint density at radius 1 is 1.36 bits per heavy atom. The topological polar surface area (TPSA) is 95.7 Å². The predicted molar refractivity (Wildman–Crippen MR) is 73.6 cm³/mol. The fraction of sp³-hybridized carbons (Fsp3) is 0.286. The van der Waals surface area contributed by atoms with Crippen LogP contribution in [-0.4, -0.2) is 29.6 Å². The number of benzene rings is 1. The molecule has 0 bridgehead atoms. The van der Waals surface area contributed by atoms with Crippen molar-refractivity contribution in [2.45, 2.75) is 20.0 Å². The summed E-state index contributed by atoms with van der Waals surface area (Å²) in [6.45, 7) is 2.50. The van der Waals surface area contributed by atoms with Crippen molar-refractivity contribution in [3.8, 4) is 0 Å². The third-order valence-electron chi connectivity index (χ3n) is 2.45. The second-order valence-corrected chi connectivity index (χ2v) is 4.12. The minimum atomic E-state index is -1.79. The first kappa shape index (κ1) is 17.3. The van der Waals surface area contributed by atoms with Crippen molar-refractivity contribution in [1.82, 2.24) is 0 Å². The van der Waals surface area contributed by atoms with Gasteiger partial charge in [0.05, 0.1) is 11.5 Å². The summed E-state index contributed by atoms with van der Waals surface area (Å²) < 4.78 is 22.2. The highest BCUT2D eigenvalue weighted by Crippen LogP contribution is 2.16. The molecule has 0 aliphatic carbocycles. The number of nitro groups is 1. The first-order chi connectivity index (χ1) is 10.3. The van der Waals surface area contributed by atoms with Crippen LogP contribution in [0.15, 0.2) is 30.0 Å². The summed E-state index contributed by atoms with van der Waals surface area (Å²) in [4.78, 5) is 33.1. The zero-order valence-corrected chi connectivity index (χ0v) is 11.9. The molecule has 8 heteroatoms. The van der Waals surface area contributed by atoms with Crippen LogP contribution in [0, 0.1) is 15.9 Å². The Balaban J connectivity index is 3.22. The Hall–Kier alpha value is -2.77. The summed E-state index contributed by atoms with van der Waals surface area (Å²) in [6, 6.07) is 4.78. The average molecular weight is 311 g/mol. The summed E-state index contributed by atoms with van der Waals surface area (Å²) in [6.07, 6.45) is -0.776. The summed E-state index contributed by atoms with van der Waals surface area (Å²) in [5.74, 6) is -2.44. The monoisotopic (exact) mass is 311 g/mol. The minimum absolute atomic E-state index is 0.0296. The number of carbonyl (C=O) groups excluding carboxylic acids is 2. The Bertz CT molecular complexity index is 596. The predicted octanol–water partition coefficient (Wildman–Crippen LogP) is 1.94. The van der Waals surface area contributed by atoms with Gasteiger partial charge in [0.1, 0.15) is 5.82 Å². The van der Waals surface area contributed by atoms with Gasteiger partial charge >= 0.3 is 11.9 Å². The van der Waals surface area contributed by atoms with Crippen LogP contribution in [0.2, 0.25) is 0 Å². The van der Waals surface area contributed by atoms with E-state index in [0.29, 0.717) is 0 Å². The van der Waals surface area contributed by atoms with E-state index < -0.39 is 34.5 Å². The molecule has 1 rings (SSSR count). The van der Waals surface area contributed by atoms with Crippen LogP contribution < -0.4 is 0 Å². The molecule has 0 aliphatic rings. The first-order valence-electron chi connectivity index (χ1n) is 6.30. The molecular weight excluding hydrogens is 297 g/mol. The highest BCUT2D eigenvalue weighted by molar-refractivity contribution is 5.82. The van der Waals surface area contributed by atoms with Gasteiger partial charge in [0.15, 0.2) is 0 Å². The SMILES string of the molecule is CCOC(=O)C(OC(C)=O)/C(=C\c1ccc(F)cc1)[N+](=O)[O-]. The highest BCUT2D eigenvalue weighted by Gasteiger charge is 2.36. The van der Waals surface area contributed by atoms with Crippen LogP contribution >= 0.6 is 0 Å². The molecule has 22 heavy (non-hydrogen) atoms. The molecule has 1 unspecified atom stereocenters. The van der Waals surface area contributed by atoms with E-state index in [4.69, 9.17) is 0 Å². The molecule has 1 aromatic carbocycles. The second-order valence-electron chi connectivity index (χ2n) is 4.12. The molecule has 0 radical (unpaired) electrons. The van der Waals surface area contributed by atoms with Gasteiger partial charge in [-0.3, -0.25) is 14.9 Å². The molecule has 0 aromatic heterocycles. The van der Waals surface area contributed by atoms with Crippen molar-refractivity contribution in [3.63, 3.8) is 0 Å². The van der Waals surface area contributed by atoms with E-state index in [1.165, 1.54) is 19.1 Å². The maximum absolute atomic E-state index is 12.8. The number of hydrogen-bond acceptors (Lipinski definition) is 6. The number of halogens is 1. The lowest BCUT2D eigenvalue weighted by molar-refractivity contribution is -0.432. The molecule has 0 spiro atoms. The normalized spacial score (nSPS) is 12.4. The Kier molecular flexibility index (Phi) is 6.18. The quantitative estimate of drug-likeness (QED) is 0.452. The lowest BCUT2D eigenvalue weighted by atomic mass is 10.1. The van der Waals surface area contributed by atoms with E-state index in [-0.39, 0.29) is 12.2 Å². The zero-order valence-electron chi connectivity index (χ0n) is 11.9.